The molecule has 4 aromatic rings. The molecule has 0 aromatic heterocycles. The quantitative estimate of drug-likeness (QED) is 0.185. The molecule has 0 saturated carbocycles. The zero-order chi connectivity index (χ0) is 33.0. The second-order valence-corrected chi connectivity index (χ2v) is 19.6. The Hall–Kier alpha value is -3.46. The molecular weight excluding hydrogens is 614 g/mol. The maximum atomic E-state index is 7.12. The highest BCUT2D eigenvalue weighted by molar-refractivity contribution is 7.72. The van der Waals surface area contributed by atoms with Crippen LogP contribution in [0.5, 0.6) is 34.5 Å². The molecule has 8 heteroatoms. The largest absolute Gasteiger partial charge is 0.496 e. The van der Waals surface area contributed by atoms with Crippen LogP contribution in [0.25, 0.3) is 22.3 Å². The number of hydrogen-bond donors (Lipinski definition) is 0. The van der Waals surface area contributed by atoms with Gasteiger partial charge in [0, 0.05) is 21.7 Å². The third-order valence-electron chi connectivity index (χ3n) is 8.57. The molecule has 0 amide bonds. The Morgan fingerprint density at radius 3 is 1.07 bits per heavy atom. The first kappa shape index (κ1) is 32.5. The summed E-state index contributed by atoms with van der Waals surface area (Å²) < 4.78 is 37.8. The molecule has 0 saturated heterocycles. The summed E-state index contributed by atoms with van der Waals surface area (Å²) in [6.07, 6.45) is 0. The van der Waals surface area contributed by atoms with Crippen molar-refractivity contribution in [2.24, 2.45) is 0 Å². The number of hydrogen-bond acceptors (Lipinski definition) is 6. The Morgan fingerprint density at radius 2 is 0.783 bits per heavy atom. The lowest BCUT2D eigenvalue weighted by molar-refractivity contribution is 0.171. The SMILES string of the molecule is COc1cccc(OC)c1-c1cccc2c1P(C(C)(C)C)C(C1Oc3cccc(-c4c(OC)cccc4OC)c3P1C(C)(C)C)O2. The third kappa shape index (κ3) is 5.38. The van der Waals surface area contributed by atoms with E-state index in [0.717, 1.165) is 56.8 Å². The first-order valence-corrected chi connectivity index (χ1v) is 18.4. The van der Waals surface area contributed by atoms with Gasteiger partial charge in [0.2, 0.25) is 0 Å². The Morgan fingerprint density at radius 1 is 0.478 bits per heavy atom. The van der Waals surface area contributed by atoms with Gasteiger partial charge >= 0.3 is 0 Å². The van der Waals surface area contributed by atoms with Crippen LogP contribution in [0, 0.1) is 0 Å². The van der Waals surface area contributed by atoms with E-state index in [4.69, 9.17) is 28.4 Å². The maximum Gasteiger partial charge on any atom is 0.162 e. The van der Waals surface area contributed by atoms with Crippen LogP contribution in [0.3, 0.4) is 0 Å². The minimum absolute atomic E-state index is 0.0949. The molecule has 4 atom stereocenters. The highest BCUT2D eigenvalue weighted by Gasteiger charge is 2.55. The van der Waals surface area contributed by atoms with Gasteiger partial charge < -0.3 is 28.4 Å². The number of rotatable bonds is 7. The van der Waals surface area contributed by atoms with Gasteiger partial charge in [0.1, 0.15) is 34.5 Å². The van der Waals surface area contributed by atoms with Gasteiger partial charge in [0.05, 0.1) is 39.6 Å². The molecular formula is C38H44O6P2. The van der Waals surface area contributed by atoms with Crippen LogP contribution in [-0.2, 0) is 0 Å². The van der Waals surface area contributed by atoms with Crippen LogP contribution in [0.4, 0.5) is 0 Å². The average molecular weight is 659 g/mol. The van der Waals surface area contributed by atoms with Crippen molar-refractivity contribution in [2.45, 2.75) is 63.5 Å². The van der Waals surface area contributed by atoms with Crippen LogP contribution >= 0.6 is 15.8 Å². The van der Waals surface area contributed by atoms with Gasteiger partial charge in [-0.05, 0) is 62.6 Å². The zero-order valence-electron chi connectivity index (χ0n) is 28.4. The van der Waals surface area contributed by atoms with E-state index in [-0.39, 0.29) is 22.0 Å². The fourth-order valence-corrected chi connectivity index (χ4v) is 13.7. The number of fused-ring (bicyclic) bond motifs is 2. The first-order valence-electron chi connectivity index (χ1n) is 15.5. The van der Waals surface area contributed by atoms with E-state index in [1.807, 2.05) is 36.4 Å². The lowest BCUT2D eigenvalue weighted by Crippen LogP contribution is -2.38. The summed E-state index contributed by atoms with van der Waals surface area (Å²) in [5, 5.41) is 2.27. The first-order chi connectivity index (χ1) is 21.9. The molecule has 0 bridgehead atoms. The highest BCUT2D eigenvalue weighted by Crippen LogP contribution is 2.70. The van der Waals surface area contributed by atoms with Crippen molar-refractivity contribution in [2.75, 3.05) is 28.4 Å². The van der Waals surface area contributed by atoms with Gasteiger partial charge in [0.15, 0.2) is 11.7 Å². The maximum absolute atomic E-state index is 7.12. The molecule has 2 aliphatic heterocycles. The summed E-state index contributed by atoms with van der Waals surface area (Å²) in [6.45, 7) is 14.0. The Kier molecular flexibility index (Phi) is 8.68. The zero-order valence-corrected chi connectivity index (χ0v) is 30.2. The van der Waals surface area contributed by atoms with Gasteiger partial charge in [-0.1, -0.05) is 77.9 Å². The number of ether oxygens (including phenoxy) is 6. The molecule has 2 heterocycles. The van der Waals surface area contributed by atoms with E-state index < -0.39 is 15.8 Å². The monoisotopic (exact) mass is 658 g/mol. The van der Waals surface area contributed by atoms with Crippen LogP contribution < -0.4 is 39.0 Å². The van der Waals surface area contributed by atoms with Gasteiger partial charge in [-0.15, -0.1) is 0 Å². The van der Waals surface area contributed by atoms with Gasteiger partial charge in [-0.2, -0.15) is 0 Å². The molecule has 6 rings (SSSR count). The number of benzene rings is 4. The Labute approximate surface area is 275 Å². The Balaban J connectivity index is 1.54. The number of methoxy groups -OCH3 is 4. The second kappa shape index (κ2) is 12.3. The predicted molar refractivity (Wildman–Crippen MR) is 191 cm³/mol. The van der Waals surface area contributed by atoms with Gasteiger partial charge in [-0.25, -0.2) is 0 Å². The molecule has 0 N–H and O–H groups in total. The normalized spacial score (nSPS) is 20.3. The summed E-state index contributed by atoms with van der Waals surface area (Å²) in [4.78, 5) is 0. The smallest absolute Gasteiger partial charge is 0.162 e. The molecule has 2 aliphatic rings. The van der Waals surface area contributed by atoms with Crippen LogP contribution in [0.15, 0.2) is 72.8 Å². The van der Waals surface area contributed by atoms with E-state index >= 15 is 0 Å². The van der Waals surface area contributed by atoms with Crippen LogP contribution in [0.1, 0.15) is 41.5 Å². The van der Waals surface area contributed by atoms with Crippen molar-refractivity contribution in [1.82, 2.24) is 0 Å². The van der Waals surface area contributed by atoms with E-state index in [1.165, 1.54) is 10.6 Å². The second-order valence-electron chi connectivity index (χ2n) is 13.5. The molecule has 0 aliphatic carbocycles. The standard InChI is InChI=1S/C38H44O6P2/c1-37(2,3)45-33-23(31-25(39-7)17-13-18-26(31)40-8)15-11-21-29(33)43-35(45)36-44-30-22-12-16-24(34(30)46(36)38(4,5)6)32-27(41-9)19-14-20-28(32)42-10/h11-22,35-36H,1-10H3. The fraction of sp³-hybridized carbons (Fsp3) is 0.368. The van der Waals surface area contributed by atoms with Crippen LogP contribution in [-0.4, -0.2) is 50.4 Å². The van der Waals surface area contributed by atoms with Gasteiger partial charge in [-0.3, -0.25) is 0 Å². The highest BCUT2D eigenvalue weighted by atomic mass is 31.1. The molecule has 0 fully saturated rings. The van der Waals surface area contributed by atoms with Crippen molar-refractivity contribution in [3.8, 4) is 56.8 Å². The fourth-order valence-electron chi connectivity index (χ4n) is 6.79. The van der Waals surface area contributed by atoms with Crippen molar-refractivity contribution < 1.29 is 28.4 Å². The van der Waals surface area contributed by atoms with Crippen LogP contribution in [0.2, 0.25) is 0 Å². The van der Waals surface area contributed by atoms with Crippen molar-refractivity contribution in [3.63, 3.8) is 0 Å². The summed E-state index contributed by atoms with van der Waals surface area (Å²) in [5.41, 5.74) is 4.07. The van der Waals surface area contributed by atoms with Crippen molar-refractivity contribution in [3.05, 3.63) is 72.8 Å². The molecule has 0 radical (unpaired) electrons. The topological polar surface area (TPSA) is 55.4 Å². The summed E-state index contributed by atoms with van der Waals surface area (Å²) in [5.74, 6) is 4.58. The summed E-state index contributed by atoms with van der Waals surface area (Å²) in [6, 6.07) is 24.6. The molecule has 242 valence electrons. The molecule has 4 unspecified atom stereocenters. The predicted octanol–water partition coefficient (Wildman–Crippen LogP) is 9.00. The molecule has 46 heavy (non-hydrogen) atoms. The lowest BCUT2D eigenvalue weighted by Gasteiger charge is -2.40. The van der Waals surface area contributed by atoms with E-state index in [9.17, 15) is 0 Å². The van der Waals surface area contributed by atoms with E-state index in [0.29, 0.717) is 0 Å². The van der Waals surface area contributed by atoms with E-state index in [1.54, 1.807) is 28.4 Å². The van der Waals surface area contributed by atoms with E-state index in [2.05, 4.69) is 77.9 Å². The van der Waals surface area contributed by atoms with Crippen molar-refractivity contribution in [1.29, 1.82) is 0 Å². The summed E-state index contributed by atoms with van der Waals surface area (Å²) >= 11 is 0. The molecule has 0 spiro atoms. The average Bonchev–Trinajstić information content (AvgIpc) is 3.63. The lowest BCUT2D eigenvalue weighted by atomic mass is 10.0. The van der Waals surface area contributed by atoms with Crippen molar-refractivity contribution >= 4 is 26.5 Å². The summed E-state index contributed by atoms with van der Waals surface area (Å²) in [7, 11) is 5.03. The van der Waals surface area contributed by atoms with Gasteiger partial charge in [0.25, 0.3) is 0 Å². The molecule has 4 aromatic carbocycles. The third-order valence-corrected chi connectivity index (χ3v) is 15.4. The minimum atomic E-state index is -0.906. The Bertz CT molecular complexity index is 1580. The minimum Gasteiger partial charge on any atom is -0.496 e. The molecule has 6 nitrogen and oxygen atoms in total.